The van der Waals surface area contributed by atoms with Crippen molar-refractivity contribution in [3.63, 3.8) is 0 Å². The zero-order valence-corrected chi connectivity index (χ0v) is 9.88. The second kappa shape index (κ2) is 4.50. The zero-order chi connectivity index (χ0) is 10.7. The highest BCUT2D eigenvalue weighted by Crippen LogP contribution is 2.14. The molecule has 2 heterocycles. The molecule has 0 spiro atoms. The lowest BCUT2D eigenvalue weighted by Gasteiger charge is -2.02. The van der Waals surface area contributed by atoms with Crippen LogP contribution >= 0.6 is 27.3 Å². The molecule has 1 amide bonds. The van der Waals surface area contributed by atoms with Crippen LogP contribution in [0.3, 0.4) is 0 Å². The lowest BCUT2D eigenvalue weighted by molar-refractivity contribution is 0.102. The molecule has 0 aliphatic carbocycles. The molecule has 6 heteroatoms. The Kier molecular flexibility index (Phi) is 3.08. The molecule has 2 aromatic rings. The molecule has 0 aliphatic heterocycles. The van der Waals surface area contributed by atoms with Gasteiger partial charge in [0, 0.05) is 16.0 Å². The van der Waals surface area contributed by atoms with E-state index in [0.29, 0.717) is 11.4 Å². The number of nitrogens with one attached hydrogen (secondary N) is 1. The topological polar surface area (TPSA) is 54.9 Å². The SMILES string of the molecule is O=C(Nc1cncc(Br)c1)c1cscn1. The molecule has 0 fully saturated rings. The second-order valence-corrected chi connectivity index (χ2v) is 4.35. The Morgan fingerprint density at radius 3 is 3.00 bits per heavy atom. The predicted octanol–water partition coefficient (Wildman–Crippen LogP) is 2.55. The van der Waals surface area contributed by atoms with E-state index in [-0.39, 0.29) is 5.91 Å². The second-order valence-electron chi connectivity index (χ2n) is 2.72. The van der Waals surface area contributed by atoms with E-state index in [2.05, 4.69) is 31.2 Å². The molecule has 0 atom stereocenters. The Morgan fingerprint density at radius 2 is 2.33 bits per heavy atom. The summed E-state index contributed by atoms with van der Waals surface area (Å²) in [5.41, 5.74) is 2.68. The fourth-order valence-corrected chi connectivity index (χ4v) is 1.90. The Hall–Kier alpha value is -1.27. The Morgan fingerprint density at radius 1 is 1.47 bits per heavy atom. The van der Waals surface area contributed by atoms with Gasteiger partial charge in [-0.05, 0) is 22.0 Å². The Bertz CT molecular complexity index is 472. The van der Waals surface area contributed by atoms with E-state index in [9.17, 15) is 4.79 Å². The maximum atomic E-state index is 11.6. The van der Waals surface area contributed by atoms with Gasteiger partial charge in [0.15, 0.2) is 0 Å². The average molecular weight is 284 g/mol. The minimum absolute atomic E-state index is 0.226. The number of hydrogen-bond donors (Lipinski definition) is 1. The number of hydrogen-bond acceptors (Lipinski definition) is 4. The van der Waals surface area contributed by atoms with E-state index in [1.54, 1.807) is 29.4 Å². The quantitative estimate of drug-likeness (QED) is 0.922. The molecule has 0 radical (unpaired) electrons. The molecule has 4 nitrogen and oxygen atoms in total. The molecule has 0 bridgehead atoms. The van der Waals surface area contributed by atoms with Gasteiger partial charge in [-0.15, -0.1) is 11.3 Å². The summed E-state index contributed by atoms with van der Waals surface area (Å²) in [7, 11) is 0. The van der Waals surface area contributed by atoms with Crippen molar-refractivity contribution in [2.24, 2.45) is 0 Å². The lowest BCUT2D eigenvalue weighted by atomic mass is 10.4. The average Bonchev–Trinajstić information content (AvgIpc) is 2.70. The molecular weight excluding hydrogens is 278 g/mol. The summed E-state index contributed by atoms with van der Waals surface area (Å²) in [4.78, 5) is 19.4. The van der Waals surface area contributed by atoms with Gasteiger partial charge < -0.3 is 5.32 Å². The summed E-state index contributed by atoms with van der Waals surface area (Å²) >= 11 is 4.66. The fraction of sp³-hybridized carbons (Fsp3) is 0. The fourth-order valence-electron chi connectivity index (χ4n) is 1.00. The smallest absolute Gasteiger partial charge is 0.275 e. The van der Waals surface area contributed by atoms with Crippen LogP contribution in [0.5, 0.6) is 0 Å². The third-order valence-electron chi connectivity index (χ3n) is 1.63. The van der Waals surface area contributed by atoms with Gasteiger partial charge >= 0.3 is 0 Å². The number of rotatable bonds is 2. The molecule has 2 aromatic heterocycles. The summed E-state index contributed by atoms with van der Waals surface area (Å²) in [6.45, 7) is 0. The van der Waals surface area contributed by atoms with Gasteiger partial charge in [0.1, 0.15) is 5.69 Å². The first-order valence-electron chi connectivity index (χ1n) is 4.06. The van der Waals surface area contributed by atoms with Crippen LogP contribution in [0.25, 0.3) is 0 Å². The van der Waals surface area contributed by atoms with Crippen LogP contribution in [0, 0.1) is 0 Å². The van der Waals surface area contributed by atoms with Crippen molar-refractivity contribution in [2.45, 2.75) is 0 Å². The minimum atomic E-state index is -0.226. The zero-order valence-electron chi connectivity index (χ0n) is 7.48. The van der Waals surface area contributed by atoms with Gasteiger partial charge in [-0.2, -0.15) is 0 Å². The number of aromatic nitrogens is 2. The van der Waals surface area contributed by atoms with E-state index in [0.717, 1.165) is 4.47 Å². The summed E-state index contributed by atoms with van der Waals surface area (Å²) in [5.74, 6) is -0.226. The Balaban J connectivity index is 2.13. The number of carbonyl (C=O) groups excluding carboxylic acids is 1. The summed E-state index contributed by atoms with van der Waals surface area (Å²) in [6, 6.07) is 1.78. The summed E-state index contributed by atoms with van der Waals surface area (Å²) in [6.07, 6.45) is 3.23. The molecule has 0 aliphatic rings. The molecule has 76 valence electrons. The maximum Gasteiger partial charge on any atom is 0.275 e. The van der Waals surface area contributed by atoms with E-state index >= 15 is 0 Å². The van der Waals surface area contributed by atoms with Crippen molar-refractivity contribution in [1.29, 1.82) is 0 Å². The molecule has 15 heavy (non-hydrogen) atoms. The van der Waals surface area contributed by atoms with Crippen LogP contribution in [-0.4, -0.2) is 15.9 Å². The number of anilines is 1. The minimum Gasteiger partial charge on any atom is -0.319 e. The standard InChI is InChI=1S/C9H6BrN3OS/c10-6-1-7(3-11-2-6)13-9(14)8-4-15-5-12-8/h1-5H,(H,13,14). The van der Waals surface area contributed by atoms with E-state index in [1.807, 2.05) is 0 Å². The third kappa shape index (κ3) is 2.60. The highest BCUT2D eigenvalue weighted by molar-refractivity contribution is 9.10. The highest BCUT2D eigenvalue weighted by Gasteiger charge is 2.07. The number of pyridine rings is 1. The van der Waals surface area contributed by atoms with Gasteiger partial charge in [0.25, 0.3) is 5.91 Å². The number of nitrogens with zero attached hydrogens (tertiary/aromatic N) is 2. The number of amides is 1. The van der Waals surface area contributed by atoms with Gasteiger partial charge in [-0.25, -0.2) is 4.98 Å². The number of thiazole rings is 1. The largest absolute Gasteiger partial charge is 0.319 e. The van der Waals surface area contributed by atoms with Crippen molar-refractivity contribution in [3.8, 4) is 0 Å². The first-order valence-corrected chi connectivity index (χ1v) is 5.79. The molecule has 0 saturated heterocycles. The first-order chi connectivity index (χ1) is 7.25. The van der Waals surface area contributed by atoms with Gasteiger partial charge in [0.05, 0.1) is 17.4 Å². The monoisotopic (exact) mass is 283 g/mol. The van der Waals surface area contributed by atoms with Crippen molar-refractivity contribution in [1.82, 2.24) is 9.97 Å². The van der Waals surface area contributed by atoms with Gasteiger partial charge in [-0.1, -0.05) is 0 Å². The van der Waals surface area contributed by atoms with E-state index < -0.39 is 0 Å². The van der Waals surface area contributed by atoms with Crippen LogP contribution in [0.4, 0.5) is 5.69 Å². The molecule has 0 aromatic carbocycles. The predicted molar refractivity (Wildman–Crippen MR) is 62.0 cm³/mol. The van der Waals surface area contributed by atoms with Crippen molar-refractivity contribution in [3.05, 3.63) is 39.5 Å². The molecule has 2 rings (SSSR count). The van der Waals surface area contributed by atoms with Crippen molar-refractivity contribution in [2.75, 3.05) is 5.32 Å². The third-order valence-corrected chi connectivity index (χ3v) is 2.65. The molecule has 0 unspecified atom stereocenters. The van der Waals surface area contributed by atoms with E-state index in [1.165, 1.54) is 11.3 Å². The van der Waals surface area contributed by atoms with Crippen molar-refractivity contribution < 1.29 is 4.79 Å². The van der Waals surface area contributed by atoms with Crippen molar-refractivity contribution >= 4 is 38.9 Å². The molecule has 0 saturated carbocycles. The Labute approximate surface area is 98.5 Å². The number of carbonyl (C=O) groups is 1. The van der Waals surface area contributed by atoms with Crippen LogP contribution in [0.15, 0.2) is 33.8 Å². The van der Waals surface area contributed by atoms with E-state index in [4.69, 9.17) is 0 Å². The molecule has 1 N–H and O–H groups in total. The maximum absolute atomic E-state index is 11.6. The van der Waals surface area contributed by atoms with Gasteiger partial charge in [-0.3, -0.25) is 9.78 Å². The summed E-state index contributed by atoms with van der Waals surface area (Å²) < 4.78 is 0.818. The van der Waals surface area contributed by atoms with Crippen LogP contribution < -0.4 is 5.32 Å². The molecular formula is C9H6BrN3OS. The summed E-state index contributed by atoms with van der Waals surface area (Å²) in [5, 5.41) is 4.39. The van der Waals surface area contributed by atoms with Crippen LogP contribution in [-0.2, 0) is 0 Å². The highest BCUT2D eigenvalue weighted by atomic mass is 79.9. The number of halogens is 1. The van der Waals surface area contributed by atoms with Gasteiger partial charge in [0.2, 0.25) is 0 Å². The van der Waals surface area contributed by atoms with Crippen LogP contribution in [0.2, 0.25) is 0 Å². The van der Waals surface area contributed by atoms with Crippen LogP contribution in [0.1, 0.15) is 10.5 Å². The normalized spacial score (nSPS) is 9.93. The lowest BCUT2D eigenvalue weighted by Crippen LogP contribution is -2.12. The first kappa shape index (κ1) is 10.3.